The summed E-state index contributed by atoms with van der Waals surface area (Å²) in [6.07, 6.45) is -0.377. The molecule has 0 radical (unpaired) electrons. The molecular formula is C21H25F3N4O. The van der Waals surface area contributed by atoms with Crippen molar-refractivity contribution >= 4 is 22.5 Å². The molecule has 2 aromatic rings. The minimum atomic E-state index is -4.45. The molecule has 3 atom stereocenters. The van der Waals surface area contributed by atoms with Crippen molar-refractivity contribution in [2.24, 2.45) is 5.92 Å². The number of aromatic nitrogens is 1. The highest BCUT2D eigenvalue weighted by Crippen LogP contribution is 2.38. The molecule has 29 heavy (non-hydrogen) atoms. The lowest BCUT2D eigenvalue weighted by atomic mass is 9.94. The summed E-state index contributed by atoms with van der Waals surface area (Å²) < 4.78 is 40.2. The van der Waals surface area contributed by atoms with Crippen molar-refractivity contribution in [3.8, 4) is 0 Å². The Kier molecular flexibility index (Phi) is 5.38. The third kappa shape index (κ3) is 4.17. The zero-order valence-corrected chi connectivity index (χ0v) is 16.3. The average Bonchev–Trinajstić information content (AvgIpc) is 3.21. The number of nitrogens with one attached hydrogen (secondary N) is 2. The molecule has 156 valence electrons. The van der Waals surface area contributed by atoms with Gasteiger partial charge in [-0.05, 0) is 56.0 Å². The second kappa shape index (κ2) is 7.82. The second-order valence-corrected chi connectivity index (χ2v) is 8.13. The number of alkyl halides is 3. The molecule has 2 aliphatic rings. The molecule has 1 aromatic heterocycles. The summed E-state index contributed by atoms with van der Waals surface area (Å²) in [5.41, 5.74) is -0.0311. The predicted octanol–water partition coefficient (Wildman–Crippen LogP) is 3.34. The van der Waals surface area contributed by atoms with Gasteiger partial charge in [-0.3, -0.25) is 9.78 Å². The first-order valence-electron chi connectivity index (χ1n) is 10.1. The fraction of sp³-hybridized carbons (Fsp3) is 0.524. The van der Waals surface area contributed by atoms with Crippen LogP contribution in [0.15, 0.2) is 30.5 Å². The number of amides is 1. The van der Waals surface area contributed by atoms with Gasteiger partial charge in [-0.15, -0.1) is 0 Å². The highest BCUT2D eigenvalue weighted by atomic mass is 19.4. The van der Waals surface area contributed by atoms with E-state index in [-0.39, 0.29) is 23.5 Å². The first-order valence-corrected chi connectivity index (χ1v) is 10.1. The van der Waals surface area contributed by atoms with Crippen LogP contribution in [-0.2, 0) is 11.0 Å². The summed E-state index contributed by atoms with van der Waals surface area (Å²) in [5, 5.41) is 6.83. The van der Waals surface area contributed by atoms with Crippen molar-refractivity contribution in [2.45, 2.75) is 44.4 Å². The van der Waals surface area contributed by atoms with Crippen LogP contribution in [0.4, 0.5) is 18.9 Å². The molecule has 1 amide bonds. The smallest absolute Gasteiger partial charge is 0.369 e. The molecule has 3 heterocycles. The van der Waals surface area contributed by atoms with Crippen molar-refractivity contribution in [2.75, 3.05) is 24.5 Å². The van der Waals surface area contributed by atoms with Gasteiger partial charge in [0.25, 0.3) is 0 Å². The Balaban J connectivity index is 1.60. The molecule has 2 saturated heterocycles. The van der Waals surface area contributed by atoms with Gasteiger partial charge in [0, 0.05) is 36.4 Å². The number of carbonyl (C=O) groups excluding carboxylic acids is 1. The van der Waals surface area contributed by atoms with Crippen molar-refractivity contribution in [3.63, 3.8) is 0 Å². The SMILES string of the molecule is C[C@H]1C[C@@H](NC(=O)[C@H]2CCCN2)CN(c2ccc(C(F)(F)F)c3ncccc23)C1. The molecule has 8 heteroatoms. The zero-order valence-electron chi connectivity index (χ0n) is 16.3. The Morgan fingerprint density at radius 1 is 1.28 bits per heavy atom. The van der Waals surface area contributed by atoms with E-state index in [1.807, 2.05) is 0 Å². The van der Waals surface area contributed by atoms with Crippen LogP contribution in [0.2, 0.25) is 0 Å². The molecule has 5 nitrogen and oxygen atoms in total. The van der Waals surface area contributed by atoms with Gasteiger partial charge in [0.15, 0.2) is 0 Å². The lowest BCUT2D eigenvalue weighted by Crippen LogP contribution is -2.53. The quantitative estimate of drug-likeness (QED) is 0.821. The van der Waals surface area contributed by atoms with E-state index >= 15 is 0 Å². The molecule has 0 aliphatic carbocycles. The molecule has 2 N–H and O–H groups in total. The Morgan fingerprint density at radius 2 is 2.10 bits per heavy atom. The lowest BCUT2D eigenvalue weighted by molar-refractivity contribution is -0.136. The maximum atomic E-state index is 13.4. The van der Waals surface area contributed by atoms with E-state index < -0.39 is 11.7 Å². The van der Waals surface area contributed by atoms with Gasteiger partial charge in [0.2, 0.25) is 5.91 Å². The van der Waals surface area contributed by atoms with E-state index in [1.54, 1.807) is 12.1 Å². The number of fused-ring (bicyclic) bond motifs is 1. The number of halogens is 3. The van der Waals surface area contributed by atoms with E-state index in [1.165, 1.54) is 12.3 Å². The summed E-state index contributed by atoms with van der Waals surface area (Å²) in [4.78, 5) is 18.6. The molecule has 2 fully saturated rings. The fourth-order valence-electron chi connectivity index (χ4n) is 4.53. The minimum Gasteiger partial charge on any atom is -0.369 e. The average molecular weight is 406 g/mol. The summed E-state index contributed by atoms with van der Waals surface area (Å²) in [6.45, 7) is 4.25. The predicted molar refractivity (Wildman–Crippen MR) is 106 cm³/mol. The minimum absolute atomic E-state index is 0.0143. The highest BCUT2D eigenvalue weighted by molar-refractivity contribution is 5.94. The third-order valence-electron chi connectivity index (χ3n) is 5.78. The summed E-state index contributed by atoms with van der Waals surface area (Å²) >= 11 is 0. The van der Waals surface area contributed by atoms with E-state index in [4.69, 9.17) is 0 Å². The van der Waals surface area contributed by atoms with E-state index in [2.05, 4.69) is 27.4 Å². The largest absolute Gasteiger partial charge is 0.418 e. The summed E-state index contributed by atoms with van der Waals surface area (Å²) in [5.74, 6) is 0.320. The first kappa shape index (κ1) is 19.9. The number of piperidine rings is 1. The molecule has 0 saturated carbocycles. The molecule has 2 aliphatic heterocycles. The topological polar surface area (TPSA) is 57.3 Å². The van der Waals surface area contributed by atoms with Crippen LogP contribution < -0.4 is 15.5 Å². The van der Waals surface area contributed by atoms with Crippen LogP contribution in [0.1, 0.15) is 31.7 Å². The maximum absolute atomic E-state index is 13.4. The third-order valence-corrected chi connectivity index (χ3v) is 5.78. The molecule has 0 bridgehead atoms. The van der Waals surface area contributed by atoms with Gasteiger partial charge < -0.3 is 15.5 Å². The van der Waals surface area contributed by atoms with Crippen molar-refractivity contribution in [3.05, 3.63) is 36.0 Å². The summed E-state index contributed by atoms with van der Waals surface area (Å²) in [6, 6.07) is 5.80. The molecule has 4 rings (SSSR count). The second-order valence-electron chi connectivity index (χ2n) is 8.13. The lowest BCUT2D eigenvalue weighted by Gasteiger charge is -2.39. The number of hydrogen-bond acceptors (Lipinski definition) is 4. The van der Waals surface area contributed by atoms with E-state index in [9.17, 15) is 18.0 Å². The number of rotatable bonds is 3. The zero-order chi connectivity index (χ0) is 20.6. The Hall–Kier alpha value is -2.35. The van der Waals surface area contributed by atoms with Crippen LogP contribution in [0.3, 0.4) is 0 Å². The molecule has 0 unspecified atom stereocenters. The van der Waals surface area contributed by atoms with Crippen LogP contribution in [0.5, 0.6) is 0 Å². The van der Waals surface area contributed by atoms with Crippen LogP contribution in [0, 0.1) is 5.92 Å². The van der Waals surface area contributed by atoms with Gasteiger partial charge in [0.05, 0.1) is 17.1 Å². The number of anilines is 1. The molecule has 0 spiro atoms. The maximum Gasteiger partial charge on any atom is 0.418 e. The molecule has 1 aromatic carbocycles. The van der Waals surface area contributed by atoms with Gasteiger partial charge in [0.1, 0.15) is 0 Å². The highest BCUT2D eigenvalue weighted by Gasteiger charge is 2.35. The number of benzene rings is 1. The van der Waals surface area contributed by atoms with Gasteiger partial charge in [-0.1, -0.05) is 6.92 Å². The standard InChI is InChI=1S/C21H25F3N4O/c1-13-10-14(27-20(29)17-5-3-8-25-17)12-28(11-13)18-7-6-16(21(22,23)24)19-15(18)4-2-9-26-19/h2,4,6-7,9,13-14,17,25H,3,5,8,10-12H2,1H3,(H,27,29)/t13-,14+,17+/m0/s1. The van der Waals surface area contributed by atoms with Gasteiger partial charge in [-0.25, -0.2) is 0 Å². The normalized spacial score (nSPS) is 25.4. The molecular weight excluding hydrogens is 381 g/mol. The van der Waals surface area contributed by atoms with Crippen LogP contribution >= 0.6 is 0 Å². The Labute approximate surface area is 167 Å². The number of nitrogens with zero attached hydrogens (tertiary/aromatic N) is 2. The fourth-order valence-corrected chi connectivity index (χ4v) is 4.53. The Morgan fingerprint density at radius 3 is 2.83 bits per heavy atom. The number of carbonyl (C=O) groups is 1. The van der Waals surface area contributed by atoms with Crippen LogP contribution in [-0.4, -0.2) is 42.6 Å². The monoisotopic (exact) mass is 406 g/mol. The van der Waals surface area contributed by atoms with Crippen LogP contribution in [0.25, 0.3) is 10.9 Å². The first-order chi connectivity index (χ1) is 13.8. The van der Waals surface area contributed by atoms with Crippen molar-refractivity contribution in [1.82, 2.24) is 15.6 Å². The van der Waals surface area contributed by atoms with Crippen molar-refractivity contribution in [1.29, 1.82) is 0 Å². The van der Waals surface area contributed by atoms with Gasteiger partial charge in [-0.2, -0.15) is 13.2 Å². The number of hydrogen-bond donors (Lipinski definition) is 2. The van der Waals surface area contributed by atoms with Gasteiger partial charge >= 0.3 is 6.18 Å². The Bertz CT molecular complexity index is 895. The van der Waals surface area contributed by atoms with Crippen molar-refractivity contribution < 1.29 is 18.0 Å². The number of pyridine rings is 1. The summed E-state index contributed by atoms with van der Waals surface area (Å²) in [7, 11) is 0. The van der Waals surface area contributed by atoms with E-state index in [0.717, 1.165) is 44.1 Å². The van der Waals surface area contributed by atoms with E-state index in [0.29, 0.717) is 17.8 Å².